The van der Waals surface area contributed by atoms with Crippen LogP contribution in [0.15, 0.2) is 0 Å². The maximum atomic E-state index is 5.66. The lowest BCUT2D eigenvalue weighted by atomic mass is 9.80. The van der Waals surface area contributed by atoms with Crippen molar-refractivity contribution in [1.82, 2.24) is 5.32 Å². The van der Waals surface area contributed by atoms with Gasteiger partial charge in [-0.15, -0.1) is 0 Å². The topological polar surface area (TPSA) is 21.3 Å². The Labute approximate surface area is 88.4 Å². The Morgan fingerprint density at radius 1 is 1.36 bits per heavy atom. The van der Waals surface area contributed by atoms with Crippen molar-refractivity contribution in [2.75, 3.05) is 13.2 Å². The molecule has 2 atom stereocenters. The molecule has 1 aliphatic rings. The van der Waals surface area contributed by atoms with Gasteiger partial charge in [-0.2, -0.15) is 0 Å². The Kier molecular flexibility index (Phi) is 5.49. The minimum atomic E-state index is 0.362. The van der Waals surface area contributed by atoms with Gasteiger partial charge in [0.05, 0.1) is 6.10 Å². The van der Waals surface area contributed by atoms with Crippen LogP contribution in [0.5, 0.6) is 0 Å². The molecule has 1 fully saturated rings. The molecule has 0 radical (unpaired) electrons. The monoisotopic (exact) mass is 199 g/mol. The SMILES string of the molecule is CCNC(CC1CCC1)C(C)OCC. The Morgan fingerprint density at radius 3 is 2.50 bits per heavy atom. The summed E-state index contributed by atoms with van der Waals surface area (Å²) in [5, 5.41) is 3.54. The van der Waals surface area contributed by atoms with Gasteiger partial charge < -0.3 is 10.1 Å². The van der Waals surface area contributed by atoms with E-state index in [2.05, 4.69) is 26.1 Å². The van der Waals surface area contributed by atoms with E-state index in [1.807, 2.05) is 0 Å². The van der Waals surface area contributed by atoms with Crippen LogP contribution in [0.2, 0.25) is 0 Å². The summed E-state index contributed by atoms with van der Waals surface area (Å²) >= 11 is 0. The third kappa shape index (κ3) is 3.58. The van der Waals surface area contributed by atoms with Gasteiger partial charge in [-0.1, -0.05) is 26.2 Å². The highest BCUT2D eigenvalue weighted by atomic mass is 16.5. The molecular weight excluding hydrogens is 174 g/mol. The fourth-order valence-electron chi connectivity index (χ4n) is 2.17. The molecule has 0 amide bonds. The van der Waals surface area contributed by atoms with Crippen LogP contribution in [0.1, 0.15) is 46.5 Å². The van der Waals surface area contributed by atoms with Gasteiger partial charge >= 0.3 is 0 Å². The first-order valence-electron chi connectivity index (χ1n) is 6.12. The van der Waals surface area contributed by atoms with Crippen LogP contribution in [0.4, 0.5) is 0 Å². The zero-order valence-electron chi connectivity index (χ0n) is 9.88. The quantitative estimate of drug-likeness (QED) is 0.680. The zero-order valence-corrected chi connectivity index (χ0v) is 9.88. The van der Waals surface area contributed by atoms with E-state index in [0.29, 0.717) is 12.1 Å². The third-order valence-electron chi connectivity index (χ3n) is 3.27. The summed E-state index contributed by atoms with van der Waals surface area (Å²) in [6, 6.07) is 0.560. The second-order valence-corrected chi connectivity index (χ2v) is 4.36. The van der Waals surface area contributed by atoms with E-state index in [0.717, 1.165) is 19.1 Å². The summed E-state index contributed by atoms with van der Waals surface area (Å²) in [6.07, 6.45) is 5.96. The number of likely N-dealkylation sites (N-methyl/N-ethyl adjacent to an activating group) is 1. The molecule has 84 valence electrons. The van der Waals surface area contributed by atoms with Crippen LogP contribution in [-0.4, -0.2) is 25.3 Å². The predicted octanol–water partition coefficient (Wildman–Crippen LogP) is 2.58. The minimum Gasteiger partial charge on any atom is -0.377 e. The molecule has 0 aromatic heterocycles. The lowest BCUT2D eigenvalue weighted by Gasteiger charge is -2.32. The summed E-state index contributed by atoms with van der Waals surface area (Å²) in [4.78, 5) is 0. The average Bonchev–Trinajstić information content (AvgIpc) is 2.09. The molecule has 0 aromatic carbocycles. The molecule has 0 saturated heterocycles. The van der Waals surface area contributed by atoms with Crippen molar-refractivity contribution in [1.29, 1.82) is 0 Å². The molecular formula is C12H25NO. The number of nitrogens with one attached hydrogen (secondary N) is 1. The molecule has 2 unspecified atom stereocenters. The maximum Gasteiger partial charge on any atom is 0.0699 e. The lowest BCUT2D eigenvalue weighted by Crippen LogP contribution is -2.42. The van der Waals surface area contributed by atoms with Crippen molar-refractivity contribution in [2.24, 2.45) is 5.92 Å². The molecule has 0 heterocycles. The van der Waals surface area contributed by atoms with E-state index in [1.165, 1.54) is 25.7 Å². The van der Waals surface area contributed by atoms with Gasteiger partial charge in [0.2, 0.25) is 0 Å². The third-order valence-corrected chi connectivity index (χ3v) is 3.27. The molecule has 14 heavy (non-hydrogen) atoms. The van der Waals surface area contributed by atoms with Gasteiger partial charge in [0.25, 0.3) is 0 Å². The highest BCUT2D eigenvalue weighted by molar-refractivity contribution is 4.80. The first-order chi connectivity index (χ1) is 6.77. The molecule has 0 spiro atoms. The van der Waals surface area contributed by atoms with E-state index in [9.17, 15) is 0 Å². The molecule has 1 aliphatic carbocycles. The van der Waals surface area contributed by atoms with Crippen LogP contribution in [0.3, 0.4) is 0 Å². The molecule has 2 nitrogen and oxygen atoms in total. The van der Waals surface area contributed by atoms with E-state index >= 15 is 0 Å². The van der Waals surface area contributed by atoms with Crippen molar-refractivity contribution in [3.05, 3.63) is 0 Å². The lowest BCUT2D eigenvalue weighted by molar-refractivity contribution is 0.0365. The van der Waals surface area contributed by atoms with Gasteiger partial charge in [0, 0.05) is 12.6 Å². The summed E-state index contributed by atoms with van der Waals surface area (Å²) in [5.41, 5.74) is 0. The van der Waals surface area contributed by atoms with Gasteiger partial charge in [-0.3, -0.25) is 0 Å². The molecule has 0 aromatic rings. The Bertz CT molecular complexity index is 145. The van der Waals surface area contributed by atoms with Crippen molar-refractivity contribution in [3.8, 4) is 0 Å². The largest absolute Gasteiger partial charge is 0.377 e. The standard InChI is InChI=1S/C12H25NO/c1-4-13-12(10(3)14-5-2)9-11-7-6-8-11/h10-13H,4-9H2,1-3H3. The predicted molar refractivity (Wildman–Crippen MR) is 60.5 cm³/mol. The molecule has 0 aliphatic heterocycles. The van der Waals surface area contributed by atoms with Crippen LogP contribution in [0.25, 0.3) is 0 Å². The summed E-state index contributed by atoms with van der Waals surface area (Å²) in [7, 11) is 0. The smallest absolute Gasteiger partial charge is 0.0699 e. The first-order valence-corrected chi connectivity index (χ1v) is 6.12. The Morgan fingerprint density at radius 2 is 2.07 bits per heavy atom. The molecule has 1 rings (SSSR count). The maximum absolute atomic E-state index is 5.66. The van der Waals surface area contributed by atoms with Crippen molar-refractivity contribution in [2.45, 2.75) is 58.6 Å². The highest BCUT2D eigenvalue weighted by Gasteiger charge is 2.25. The number of ether oxygens (including phenoxy) is 1. The van der Waals surface area contributed by atoms with Crippen LogP contribution in [-0.2, 0) is 4.74 Å². The van der Waals surface area contributed by atoms with Crippen molar-refractivity contribution >= 4 is 0 Å². The second kappa shape index (κ2) is 6.41. The molecule has 2 heteroatoms. The average molecular weight is 199 g/mol. The van der Waals surface area contributed by atoms with Crippen molar-refractivity contribution in [3.63, 3.8) is 0 Å². The summed E-state index contributed by atoms with van der Waals surface area (Å²) < 4.78 is 5.66. The van der Waals surface area contributed by atoms with Crippen molar-refractivity contribution < 1.29 is 4.74 Å². The van der Waals surface area contributed by atoms with Crippen LogP contribution >= 0.6 is 0 Å². The fourth-order valence-corrected chi connectivity index (χ4v) is 2.17. The van der Waals surface area contributed by atoms with Crippen LogP contribution in [0, 0.1) is 5.92 Å². The Hall–Kier alpha value is -0.0800. The highest BCUT2D eigenvalue weighted by Crippen LogP contribution is 2.31. The fraction of sp³-hybridized carbons (Fsp3) is 1.00. The molecule has 1 N–H and O–H groups in total. The minimum absolute atomic E-state index is 0.362. The first kappa shape index (κ1) is 12.0. The van der Waals surface area contributed by atoms with Crippen LogP contribution < -0.4 is 5.32 Å². The second-order valence-electron chi connectivity index (χ2n) is 4.36. The normalized spacial score (nSPS) is 21.6. The number of rotatable bonds is 7. The van der Waals surface area contributed by atoms with Gasteiger partial charge in [-0.25, -0.2) is 0 Å². The number of hydrogen-bond donors (Lipinski definition) is 1. The molecule has 1 saturated carbocycles. The molecule has 0 bridgehead atoms. The van der Waals surface area contributed by atoms with E-state index in [-0.39, 0.29) is 0 Å². The Balaban J connectivity index is 2.28. The summed E-state index contributed by atoms with van der Waals surface area (Å²) in [6.45, 7) is 8.31. The van der Waals surface area contributed by atoms with E-state index < -0.39 is 0 Å². The van der Waals surface area contributed by atoms with E-state index in [4.69, 9.17) is 4.74 Å². The summed E-state index contributed by atoms with van der Waals surface area (Å²) in [5.74, 6) is 0.960. The van der Waals surface area contributed by atoms with Gasteiger partial charge in [0.1, 0.15) is 0 Å². The number of hydrogen-bond acceptors (Lipinski definition) is 2. The van der Waals surface area contributed by atoms with Gasteiger partial charge in [0.15, 0.2) is 0 Å². The zero-order chi connectivity index (χ0) is 10.4. The van der Waals surface area contributed by atoms with Gasteiger partial charge in [-0.05, 0) is 32.7 Å². The van der Waals surface area contributed by atoms with E-state index in [1.54, 1.807) is 0 Å².